The van der Waals surface area contributed by atoms with Gasteiger partial charge in [0.05, 0.1) is 12.7 Å². The van der Waals surface area contributed by atoms with E-state index >= 15 is 0 Å². The number of hydrogen-bond donors (Lipinski definition) is 0. The molecule has 0 aliphatic carbocycles. The fourth-order valence-electron chi connectivity index (χ4n) is 5.95. The van der Waals surface area contributed by atoms with Crippen LogP contribution in [0.5, 0.6) is 0 Å². The highest BCUT2D eigenvalue weighted by Crippen LogP contribution is 2.34. The normalized spacial score (nSPS) is 19.5. The number of fused-ring (bicyclic) bond motifs is 1. The van der Waals surface area contributed by atoms with Gasteiger partial charge < -0.3 is 24.2 Å². The van der Waals surface area contributed by atoms with Crippen molar-refractivity contribution in [3.05, 3.63) is 70.9 Å². The number of piperazine rings is 1. The molecule has 0 spiro atoms. The van der Waals surface area contributed by atoms with Crippen LogP contribution >= 0.6 is 11.6 Å². The van der Waals surface area contributed by atoms with Crippen LogP contribution in [0.15, 0.2) is 54.6 Å². The molecule has 10 heteroatoms. The molecule has 3 aromatic rings. The number of benzene rings is 2. The van der Waals surface area contributed by atoms with Crippen molar-refractivity contribution in [3.8, 4) is 11.4 Å². The van der Waals surface area contributed by atoms with Gasteiger partial charge in [-0.2, -0.15) is 0 Å². The Morgan fingerprint density at radius 1 is 1.00 bits per heavy atom. The summed E-state index contributed by atoms with van der Waals surface area (Å²) in [5.41, 5.74) is 4.40. The number of morpholine rings is 1. The first-order valence-corrected chi connectivity index (χ1v) is 14.8. The molecule has 216 valence electrons. The van der Waals surface area contributed by atoms with Crippen LogP contribution in [0.25, 0.3) is 11.4 Å². The Morgan fingerprint density at radius 3 is 2.54 bits per heavy atom. The van der Waals surface area contributed by atoms with E-state index in [2.05, 4.69) is 74.3 Å². The van der Waals surface area contributed by atoms with E-state index in [1.54, 1.807) is 7.11 Å². The van der Waals surface area contributed by atoms with Crippen molar-refractivity contribution in [2.75, 3.05) is 82.5 Å². The molecule has 2 fully saturated rings. The molecule has 1 aromatic heterocycles. The minimum absolute atomic E-state index is 0.0433. The molecule has 3 aliphatic rings. The van der Waals surface area contributed by atoms with Crippen LogP contribution in [0.3, 0.4) is 0 Å². The maximum absolute atomic E-state index is 12.1. The minimum atomic E-state index is 0.0433. The quantitative estimate of drug-likeness (QED) is 0.378. The summed E-state index contributed by atoms with van der Waals surface area (Å²) in [7, 11) is 1.55. The summed E-state index contributed by atoms with van der Waals surface area (Å²) in [6.45, 7) is 8.25. The molecule has 0 unspecified atom stereocenters. The molecule has 9 nitrogen and oxygen atoms in total. The fraction of sp³-hybridized carbons (Fsp3) is 0.452. The summed E-state index contributed by atoms with van der Waals surface area (Å²) >= 11 is 6.69. The number of hydrogen-bond acceptors (Lipinski definition) is 8. The van der Waals surface area contributed by atoms with E-state index in [-0.39, 0.29) is 18.6 Å². The molecule has 1 atom stereocenters. The maximum Gasteiger partial charge on any atom is 0.248 e. The van der Waals surface area contributed by atoms with Crippen molar-refractivity contribution in [1.29, 1.82) is 0 Å². The highest BCUT2D eigenvalue weighted by atomic mass is 35.5. The van der Waals surface area contributed by atoms with Crippen LogP contribution in [0.2, 0.25) is 5.15 Å². The lowest BCUT2D eigenvalue weighted by atomic mass is 10.1. The van der Waals surface area contributed by atoms with E-state index in [4.69, 9.17) is 26.1 Å². The molecule has 3 aliphatic heterocycles. The first kappa shape index (κ1) is 27.9. The van der Waals surface area contributed by atoms with E-state index in [0.29, 0.717) is 24.1 Å². The van der Waals surface area contributed by atoms with Crippen molar-refractivity contribution >= 4 is 29.0 Å². The predicted octanol–water partition coefficient (Wildman–Crippen LogP) is 3.36. The van der Waals surface area contributed by atoms with Crippen LogP contribution in [0.1, 0.15) is 11.1 Å². The van der Waals surface area contributed by atoms with Crippen LogP contribution in [0, 0.1) is 0 Å². The van der Waals surface area contributed by atoms with E-state index in [0.717, 1.165) is 81.5 Å². The minimum Gasteiger partial charge on any atom is -0.375 e. The molecule has 2 aromatic carbocycles. The Kier molecular flexibility index (Phi) is 8.67. The average molecular weight is 577 g/mol. The molecular weight excluding hydrogens is 540 g/mol. The van der Waals surface area contributed by atoms with Gasteiger partial charge in [0, 0.05) is 82.8 Å². The topological polar surface area (TPSA) is 74.3 Å². The molecule has 0 saturated carbocycles. The summed E-state index contributed by atoms with van der Waals surface area (Å²) in [6.07, 6.45) is 0.951. The highest BCUT2D eigenvalue weighted by Gasteiger charge is 2.30. The van der Waals surface area contributed by atoms with Gasteiger partial charge in [0.2, 0.25) is 5.91 Å². The zero-order valence-electron chi connectivity index (χ0n) is 23.5. The van der Waals surface area contributed by atoms with Crippen molar-refractivity contribution in [2.24, 2.45) is 0 Å². The molecule has 41 heavy (non-hydrogen) atoms. The molecule has 1 amide bonds. The third-order valence-corrected chi connectivity index (χ3v) is 8.47. The van der Waals surface area contributed by atoms with Crippen LogP contribution in [-0.2, 0) is 27.2 Å². The Balaban J connectivity index is 1.10. The van der Waals surface area contributed by atoms with E-state index in [1.807, 2.05) is 4.90 Å². The zero-order chi connectivity index (χ0) is 28.2. The summed E-state index contributed by atoms with van der Waals surface area (Å²) < 4.78 is 11.2. The Morgan fingerprint density at radius 2 is 1.78 bits per heavy atom. The SMILES string of the molecule is COCC(=O)N1CCN(c2ccc(-c3nc(Cl)c4c(n3)N(C[C@H]3CN(Cc5ccccc5)CCO3)CC4)cc2)CC1. The van der Waals surface area contributed by atoms with Crippen LogP contribution < -0.4 is 9.80 Å². The third-order valence-electron chi connectivity index (χ3n) is 8.15. The van der Waals surface area contributed by atoms with Gasteiger partial charge in [-0.15, -0.1) is 0 Å². The summed E-state index contributed by atoms with van der Waals surface area (Å²) in [4.78, 5) is 30.7. The Labute approximate surface area is 246 Å². The second-order valence-corrected chi connectivity index (χ2v) is 11.3. The van der Waals surface area contributed by atoms with E-state index in [1.165, 1.54) is 5.56 Å². The number of carbonyl (C=O) groups is 1. The lowest BCUT2D eigenvalue weighted by Crippen LogP contribution is -2.49. The number of amides is 1. The number of carbonyl (C=O) groups excluding carboxylic acids is 1. The summed E-state index contributed by atoms with van der Waals surface area (Å²) in [6, 6.07) is 18.9. The summed E-state index contributed by atoms with van der Waals surface area (Å²) in [5.74, 6) is 1.60. The van der Waals surface area contributed by atoms with Crippen molar-refractivity contribution < 1.29 is 14.3 Å². The molecule has 0 bridgehead atoms. The van der Waals surface area contributed by atoms with Gasteiger partial charge in [0.15, 0.2) is 5.82 Å². The third kappa shape index (κ3) is 6.48. The van der Waals surface area contributed by atoms with Crippen molar-refractivity contribution in [1.82, 2.24) is 19.8 Å². The van der Waals surface area contributed by atoms with Gasteiger partial charge in [-0.1, -0.05) is 41.9 Å². The molecule has 0 radical (unpaired) electrons. The molecule has 4 heterocycles. The first-order valence-electron chi connectivity index (χ1n) is 14.4. The standard InChI is InChI=1S/C31H37ClN6O3/c1-40-22-28(39)37-15-13-36(14-16-37)25-9-7-24(8-10-25)30-33-29(32)27-11-12-38(31(27)34-30)21-26-20-35(17-18-41-26)19-23-5-3-2-4-6-23/h2-10,26H,11-22H2,1H3/t26-/m1/s1. The van der Waals surface area contributed by atoms with Crippen LogP contribution in [-0.4, -0.2) is 104 Å². The average Bonchev–Trinajstić information content (AvgIpc) is 3.41. The predicted molar refractivity (Wildman–Crippen MR) is 161 cm³/mol. The Bertz CT molecular complexity index is 1330. The lowest BCUT2D eigenvalue weighted by Gasteiger charge is -2.36. The molecule has 0 N–H and O–H groups in total. The zero-order valence-corrected chi connectivity index (χ0v) is 24.3. The van der Waals surface area contributed by atoms with Gasteiger partial charge in [0.1, 0.15) is 17.6 Å². The van der Waals surface area contributed by atoms with Crippen molar-refractivity contribution in [3.63, 3.8) is 0 Å². The second kappa shape index (κ2) is 12.7. The van der Waals surface area contributed by atoms with Gasteiger partial charge in [-0.3, -0.25) is 9.69 Å². The largest absolute Gasteiger partial charge is 0.375 e. The first-order chi connectivity index (χ1) is 20.1. The monoisotopic (exact) mass is 576 g/mol. The molecule has 2 saturated heterocycles. The number of nitrogens with zero attached hydrogens (tertiary/aromatic N) is 6. The second-order valence-electron chi connectivity index (χ2n) is 10.9. The van der Waals surface area contributed by atoms with Gasteiger partial charge in [-0.25, -0.2) is 9.97 Å². The van der Waals surface area contributed by atoms with Crippen LogP contribution in [0.4, 0.5) is 11.5 Å². The smallest absolute Gasteiger partial charge is 0.248 e. The molecule has 6 rings (SSSR count). The van der Waals surface area contributed by atoms with Gasteiger partial charge in [0.25, 0.3) is 0 Å². The number of methoxy groups -OCH3 is 1. The number of rotatable bonds is 8. The number of anilines is 2. The van der Waals surface area contributed by atoms with E-state index in [9.17, 15) is 4.79 Å². The summed E-state index contributed by atoms with van der Waals surface area (Å²) in [5, 5.41) is 0.531. The number of aromatic nitrogens is 2. The van der Waals surface area contributed by atoms with E-state index < -0.39 is 0 Å². The molecular formula is C31H37ClN6O3. The fourth-order valence-corrected chi connectivity index (χ4v) is 6.21. The maximum atomic E-state index is 12.1. The lowest BCUT2D eigenvalue weighted by molar-refractivity contribution is -0.135. The number of halogens is 1. The highest BCUT2D eigenvalue weighted by molar-refractivity contribution is 6.30. The van der Waals surface area contributed by atoms with Gasteiger partial charge >= 0.3 is 0 Å². The van der Waals surface area contributed by atoms with Crippen molar-refractivity contribution in [2.45, 2.75) is 19.1 Å². The Hall–Kier alpha value is -3.24. The number of ether oxygens (including phenoxy) is 2. The van der Waals surface area contributed by atoms with Gasteiger partial charge in [-0.05, 0) is 36.2 Å².